The van der Waals surface area contributed by atoms with E-state index in [-0.39, 0.29) is 22.9 Å². The van der Waals surface area contributed by atoms with Crippen molar-refractivity contribution >= 4 is 46.5 Å². The summed E-state index contributed by atoms with van der Waals surface area (Å²) in [7, 11) is 0. The van der Waals surface area contributed by atoms with Crippen molar-refractivity contribution in [2.75, 3.05) is 37.6 Å². The van der Waals surface area contributed by atoms with Gasteiger partial charge >= 0.3 is 5.97 Å². The van der Waals surface area contributed by atoms with Gasteiger partial charge in [-0.3, -0.25) is 19.3 Å². The van der Waals surface area contributed by atoms with Crippen molar-refractivity contribution in [1.82, 2.24) is 9.80 Å². The fraction of sp³-hybridized carbons (Fsp3) is 0.185. The maximum Gasteiger partial charge on any atom is 0.335 e. The lowest BCUT2D eigenvalue weighted by atomic mass is 10.1. The molecule has 2 aromatic carbocycles. The SMILES string of the molecule is O=C(O)c1cccc(-c2ccc(/C=C3/SC(=O)N(CC(=O)N4CCN(c5ccccc5)CC4)C3=O)o2)c1. The van der Waals surface area contributed by atoms with E-state index < -0.39 is 17.1 Å². The van der Waals surface area contributed by atoms with Gasteiger partial charge in [0.2, 0.25) is 5.91 Å². The Bertz CT molecular complexity index is 1390. The molecule has 37 heavy (non-hydrogen) atoms. The highest BCUT2D eigenvalue weighted by Crippen LogP contribution is 2.33. The summed E-state index contributed by atoms with van der Waals surface area (Å²) >= 11 is 0.756. The maximum atomic E-state index is 12.9. The number of rotatable bonds is 6. The number of hydrogen-bond acceptors (Lipinski definition) is 7. The number of furan rings is 1. The first kappa shape index (κ1) is 24.4. The predicted octanol–water partition coefficient (Wildman–Crippen LogP) is 4.03. The number of carboxylic acids is 1. The van der Waals surface area contributed by atoms with Crippen molar-refractivity contribution in [2.45, 2.75) is 0 Å². The average molecular weight is 518 g/mol. The number of hydrogen-bond donors (Lipinski definition) is 1. The van der Waals surface area contributed by atoms with Crippen LogP contribution in [-0.2, 0) is 9.59 Å². The van der Waals surface area contributed by atoms with Crippen LogP contribution in [0, 0.1) is 0 Å². The third-order valence-corrected chi connectivity index (χ3v) is 7.12. The Kier molecular flexibility index (Phi) is 6.82. The van der Waals surface area contributed by atoms with Gasteiger partial charge in [-0.25, -0.2) is 4.79 Å². The fourth-order valence-corrected chi connectivity index (χ4v) is 5.06. The van der Waals surface area contributed by atoms with Gasteiger partial charge in [0, 0.05) is 43.5 Å². The van der Waals surface area contributed by atoms with E-state index in [2.05, 4.69) is 4.90 Å². The van der Waals surface area contributed by atoms with E-state index in [9.17, 15) is 24.3 Å². The van der Waals surface area contributed by atoms with E-state index >= 15 is 0 Å². The summed E-state index contributed by atoms with van der Waals surface area (Å²) in [5.74, 6) is -1.09. The number of anilines is 1. The lowest BCUT2D eigenvalue weighted by Crippen LogP contribution is -2.51. The summed E-state index contributed by atoms with van der Waals surface area (Å²) in [6, 6.07) is 19.6. The number of para-hydroxylation sites is 1. The van der Waals surface area contributed by atoms with Gasteiger partial charge in [-0.15, -0.1) is 0 Å². The predicted molar refractivity (Wildman–Crippen MR) is 139 cm³/mol. The smallest absolute Gasteiger partial charge is 0.335 e. The zero-order valence-corrected chi connectivity index (χ0v) is 20.5. The zero-order chi connectivity index (χ0) is 25.9. The highest BCUT2D eigenvalue weighted by atomic mass is 32.2. The minimum atomic E-state index is -1.05. The lowest BCUT2D eigenvalue weighted by molar-refractivity contribution is -0.136. The van der Waals surface area contributed by atoms with Gasteiger partial charge in [0.15, 0.2) is 0 Å². The quantitative estimate of drug-likeness (QED) is 0.488. The first-order valence-corrected chi connectivity index (χ1v) is 12.5. The van der Waals surface area contributed by atoms with E-state index in [1.54, 1.807) is 29.2 Å². The van der Waals surface area contributed by atoms with E-state index in [0.717, 1.165) is 22.3 Å². The number of benzene rings is 2. The van der Waals surface area contributed by atoms with Gasteiger partial charge in [-0.2, -0.15) is 0 Å². The van der Waals surface area contributed by atoms with Gasteiger partial charge in [-0.1, -0.05) is 30.3 Å². The minimum Gasteiger partial charge on any atom is -0.478 e. The van der Waals surface area contributed by atoms with Gasteiger partial charge < -0.3 is 19.3 Å². The van der Waals surface area contributed by atoms with Crippen LogP contribution in [0.4, 0.5) is 10.5 Å². The second kappa shape index (κ2) is 10.4. The number of carbonyl (C=O) groups excluding carboxylic acids is 3. The second-order valence-corrected chi connectivity index (χ2v) is 9.55. The molecular weight excluding hydrogens is 494 g/mol. The largest absolute Gasteiger partial charge is 0.478 e. The Morgan fingerprint density at radius 2 is 1.70 bits per heavy atom. The van der Waals surface area contributed by atoms with E-state index in [1.807, 2.05) is 30.3 Å². The lowest BCUT2D eigenvalue weighted by Gasteiger charge is -2.36. The van der Waals surface area contributed by atoms with Crippen LogP contribution in [0.1, 0.15) is 16.1 Å². The molecule has 0 radical (unpaired) electrons. The van der Waals surface area contributed by atoms with Crippen LogP contribution in [0.3, 0.4) is 0 Å². The van der Waals surface area contributed by atoms with Crippen LogP contribution in [0.25, 0.3) is 17.4 Å². The molecule has 3 amide bonds. The summed E-state index contributed by atoms with van der Waals surface area (Å²) in [6.07, 6.45) is 1.46. The van der Waals surface area contributed by atoms with Crippen molar-refractivity contribution in [3.05, 3.63) is 83.0 Å². The number of amides is 3. The van der Waals surface area contributed by atoms with E-state index in [1.165, 1.54) is 18.2 Å². The highest BCUT2D eigenvalue weighted by molar-refractivity contribution is 8.18. The Hall–Kier alpha value is -4.31. The molecule has 0 aliphatic carbocycles. The third-order valence-electron chi connectivity index (χ3n) is 6.21. The Balaban J connectivity index is 1.21. The van der Waals surface area contributed by atoms with E-state index in [4.69, 9.17) is 4.42 Å². The summed E-state index contributed by atoms with van der Waals surface area (Å²) in [4.78, 5) is 54.5. The van der Waals surface area contributed by atoms with Gasteiger partial charge in [-0.05, 0) is 48.2 Å². The van der Waals surface area contributed by atoms with Crippen molar-refractivity contribution < 1.29 is 28.7 Å². The highest BCUT2D eigenvalue weighted by Gasteiger charge is 2.37. The normalized spacial score (nSPS) is 17.1. The molecule has 0 bridgehead atoms. The number of carbonyl (C=O) groups is 4. The van der Waals surface area contributed by atoms with Crippen molar-refractivity contribution in [3.63, 3.8) is 0 Å². The standard InChI is InChI=1S/C27H23N3O6S/c31-24(29-13-11-28(12-14-29)20-7-2-1-3-8-20)17-30-25(32)23(37-27(30)35)16-21-9-10-22(36-21)18-5-4-6-19(15-18)26(33)34/h1-10,15-16H,11-14,17H2,(H,33,34)/b23-16+. The van der Waals surface area contributed by atoms with Crippen LogP contribution in [0.5, 0.6) is 0 Å². The number of thioether (sulfide) groups is 1. The number of imide groups is 1. The van der Waals surface area contributed by atoms with Crippen LogP contribution >= 0.6 is 11.8 Å². The summed E-state index contributed by atoms with van der Waals surface area (Å²) in [5, 5.41) is 8.68. The van der Waals surface area contributed by atoms with Crippen LogP contribution in [-0.4, -0.2) is 70.7 Å². The molecule has 0 unspecified atom stereocenters. The Morgan fingerprint density at radius 3 is 2.43 bits per heavy atom. The Labute approximate surface area is 216 Å². The maximum absolute atomic E-state index is 12.9. The fourth-order valence-electron chi connectivity index (χ4n) is 4.24. The second-order valence-electron chi connectivity index (χ2n) is 8.56. The first-order chi connectivity index (χ1) is 17.9. The molecule has 10 heteroatoms. The third kappa shape index (κ3) is 5.29. The van der Waals surface area contributed by atoms with Crippen molar-refractivity contribution in [1.29, 1.82) is 0 Å². The molecule has 2 aliphatic heterocycles. The molecule has 188 valence electrons. The van der Waals surface area contributed by atoms with Gasteiger partial charge in [0.25, 0.3) is 11.1 Å². The van der Waals surface area contributed by atoms with Crippen LogP contribution < -0.4 is 4.90 Å². The molecule has 1 N–H and O–H groups in total. The number of nitrogens with zero attached hydrogens (tertiary/aromatic N) is 3. The zero-order valence-electron chi connectivity index (χ0n) is 19.7. The topological polar surface area (TPSA) is 111 Å². The van der Waals surface area contributed by atoms with Crippen molar-refractivity contribution in [3.8, 4) is 11.3 Å². The molecule has 3 heterocycles. The first-order valence-electron chi connectivity index (χ1n) is 11.7. The molecule has 0 saturated carbocycles. The molecule has 2 saturated heterocycles. The molecule has 0 spiro atoms. The van der Waals surface area contributed by atoms with Gasteiger partial charge in [0.1, 0.15) is 18.1 Å². The monoisotopic (exact) mass is 517 g/mol. The Morgan fingerprint density at radius 1 is 0.946 bits per heavy atom. The summed E-state index contributed by atoms with van der Waals surface area (Å²) in [5.41, 5.74) is 1.80. The molecule has 0 atom stereocenters. The molecule has 9 nitrogen and oxygen atoms in total. The number of piperazine rings is 1. The molecule has 2 fully saturated rings. The average Bonchev–Trinajstić information content (AvgIpc) is 3.49. The van der Waals surface area contributed by atoms with Crippen LogP contribution in [0.2, 0.25) is 0 Å². The molecule has 2 aliphatic rings. The molecule has 3 aromatic rings. The molecule has 1 aromatic heterocycles. The van der Waals surface area contributed by atoms with Gasteiger partial charge in [0.05, 0.1) is 10.5 Å². The van der Waals surface area contributed by atoms with Crippen molar-refractivity contribution in [2.24, 2.45) is 0 Å². The van der Waals surface area contributed by atoms with E-state index in [0.29, 0.717) is 43.3 Å². The number of carboxylic acid groups (broad SMARTS) is 1. The molecular formula is C27H23N3O6S. The summed E-state index contributed by atoms with van der Waals surface area (Å²) in [6.45, 7) is 2.07. The van der Waals surface area contributed by atoms with Crippen LogP contribution in [0.15, 0.2) is 76.1 Å². The number of aromatic carboxylic acids is 1. The molecule has 5 rings (SSSR count). The minimum absolute atomic E-state index is 0.128. The summed E-state index contributed by atoms with van der Waals surface area (Å²) < 4.78 is 5.76.